The van der Waals surface area contributed by atoms with Gasteiger partial charge in [-0.1, -0.05) is 25.1 Å². The van der Waals surface area contributed by atoms with Crippen LogP contribution in [0.25, 0.3) is 10.9 Å². The van der Waals surface area contributed by atoms with E-state index in [4.69, 9.17) is 5.11 Å². The van der Waals surface area contributed by atoms with E-state index in [0.717, 1.165) is 0 Å². The van der Waals surface area contributed by atoms with E-state index in [-0.39, 0.29) is 11.4 Å². The Labute approximate surface area is 119 Å². The van der Waals surface area contributed by atoms with Crippen molar-refractivity contribution >= 4 is 34.3 Å². The summed E-state index contributed by atoms with van der Waals surface area (Å²) in [6.07, 6.45) is 1.22. The summed E-state index contributed by atoms with van der Waals surface area (Å²) in [6.45, 7) is 1.57. The van der Waals surface area contributed by atoms with Gasteiger partial charge in [-0.15, -0.1) is 11.8 Å². The maximum absolute atomic E-state index is 11.1. The van der Waals surface area contributed by atoms with Gasteiger partial charge in [-0.3, -0.25) is 14.9 Å². The summed E-state index contributed by atoms with van der Waals surface area (Å²) in [4.78, 5) is 26.0. The lowest BCUT2D eigenvalue weighted by Gasteiger charge is -2.08. The van der Waals surface area contributed by atoms with E-state index < -0.39 is 16.8 Å². The first kappa shape index (κ1) is 14.3. The van der Waals surface area contributed by atoms with Crippen molar-refractivity contribution in [3.05, 3.63) is 40.6 Å². The topological polar surface area (TPSA) is 93.3 Å². The molecule has 1 unspecified atom stereocenters. The van der Waals surface area contributed by atoms with Crippen molar-refractivity contribution in [3.8, 4) is 0 Å². The van der Waals surface area contributed by atoms with Crippen molar-refractivity contribution in [2.75, 3.05) is 5.75 Å². The van der Waals surface area contributed by atoms with Crippen LogP contribution in [0.3, 0.4) is 0 Å². The van der Waals surface area contributed by atoms with Gasteiger partial charge in [0.25, 0.3) is 0 Å². The second-order valence-electron chi connectivity index (χ2n) is 4.30. The summed E-state index contributed by atoms with van der Waals surface area (Å²) >= 11 is 1.18. The lowest BCUT2D eigenvalue weighted by Crippen LogP contribution is -2.11. The van der Waals surface area contributed by atoms with Crippen molar-refractivity contribution in [1.82, 2.24) is 4.98 Å². The van der Waals surface area contributed by atoms with Crippen LogP contribution >= 0.6 is 11.8 Å². The average Bonchev–Trinajstić information content (AvgIpc) is 2.43. The molecule has 0 bridgehead atoms. The zero-order valence-electron chi connectivity index (χ0n) is 10.6. The smallest absolute Gasteiger partial charge is 0.307 e. The highest BCUT2D eigenvalue weighted by molar-refractivity contribution is 7.99. The highest BCUT2D eigenvalue weighted by Gasteiger charge is 2.20. The van der Waals surface area contributed by atoms with Crippen LogP contribution in [0, 0.1) is 16.0 Å². The quantitative estimate of drug-likeness (QED) is 0.517. The van der Waals surface area contributed by atoms with Crippen LogP contribution in [0.5, 0.6) is 0 Å². The molecule has 20 heavy (non-hydrogen) atoms. The summed E-state index contributed by atoms with van der Waals surface area (Å²) in [5.74, 6) is -1.23. The van der Waals surface area contributed by atoms with Crippen LogP contribution in [0.15, 0.2) is 35.4 Å². The normalized spacial score (nSPS) is 12.2. The maximum Gasteiger partial charge on any atom is 0.307 e. The SMILES string of the molecule is CC(CSc1c([N+](=O)[O-])cnc2ccccc12)C(=O)O. The minimum atomic E-state index is -0.918. The lowest BCUT2D eigenvalue weighted by molar-refractivity contribution is -0.387. The Morgan fingerprint density at radius 2 is 2.20 bits per heavy atom. The zero-order valence-corrected chi connectivity index (χ0v) is 11.5. The van der Waals surface area contributed by atoms with Gasteiger partial charge in [0, 0.05) is 11.1 Å². The number of para-hydroxylation sites is 1. The van der Waals surface area contributed by atoms with Crippen LogP contribution in [0.4, 0.5) is 5.69 Å². The van der Waals surface area contributed by atoms with Crippen molar-refractivity contribution < 1.29 is 14.8 Å². The van der Waals surface area contributed by atoms with E-state index in [1.807, 2.05) is 0 Å². The molecule has 1 atom stereocenters. The van der Waals surface area contributed by atoms with Crippen molar-refractivity contribution in [2.24, 2.45) is 5.92 Å². The molecule has 6 nitrogen and oxygen atoms in total. The number of nitrogens with zero attached hydrogens (tertiary/aromatic N) is 2. The van der Waals surface area contributed by atoms with Gasteiger partial charge in [0.2, 0.25) is 0 Å². The molecule has 1 aromatic heterocycles. The average molecular weight is 292 g/mol. The minimum absolute atomic E-state index is 0.0914. The molecule has 0 spiro atoms. The first-order valence-electron chi connectivity index (χ1n) is 5.88. The molecule has 0 amide bonds. The van der Waals surface area contributed by atoms with Gasteiger partial charge in [0.15, 0.2) is 0 Å². The molecule has 1 N–H and O–H groups in total. The molecule has 1 aromatic carbocycles. The van der Waals surface area contributed by atoms with E-state index in [2.05, 4.69) is 4.98 Å². The highest BCUT2D eigenvalue weighted by Crippen LogP contribution is 2.35. The van der Waals surface area contributed by atoms with Gasteiger partial charge in [0.05, 0.1) is 21.3 Å². The van der Waals surface area contributed by atoms with E-state index in [1.165, 1.54) is 18.0 Å². The molecule has 0 saturated heterocycles. The number of hydrogen-bond acceptors (Lipinski definition) is 5. The number of carboxylic acid groups (broad SMARTS) is 1. The molecular weight excluding hydrogens is 280 g/mol. The Morgan fingerprint density at radius 3 is 2.85 bits per heavy atom. The Balaban J connectivity index is 2.44. The molecule has 0 aliphatic carbocycles. The standard InChI is InChI=1S/C13H12N2O4S/c1-8(13(16)17)7-20-12-9-4-2-3-5-10(9)14-6-11(12)15(18)19/h2-6,8H,7H2,1H3,(H,16,17). The summed E-state index contributed by atoms with van der Waals surface area (Å²) in [7, 11) is 0. The number of benzene rings is 1. The number of thioether (sulfide) groups is 1. The largest absolute Gasteiger partial charge is 0.481 e. The number of pyridine rings is 1. The Bertz CT molecular complexity index is 674. The molecule has 1 heterocycles. The third-order valence-electron chi connectivity index (χ3n) is 2.80. The third kappa shape index (κ3) is 2.88. The van der Waals surface area contributed by atoms with E-state index in [0.29, 0.717) is 15.8 Å². The molecule has 0 saturated carbocycles. The van der Waals surface area contributed by atoms with Crippen LogP contribution in [0.1, 0.15) is 6.92 Å². The number of hydrogen-bond donors (Lipinski definition) is 1. The summed E-state index contributed by atoms with van der Waals surface area (Å²) in [5.41, 5.74) is 0.565. The van der Waals surface area contributed by atoms with Crippen LogP contribution in [-0.2, 0) is 4.79 Å². The molecule has 2 aromatic rings. The molecule has 2 rings (SSSR count). The highest BCUT2D eigenvalue weighted by atomic mass is 32.2. The zero-order chi connectivity index (χ0) is 14.7. The predicted octanol–water partition coefficient (Wildman–Crippen LogP) is 2.96. The van der Waals surface area contributed by atoms with Crippen LogP contribution < -0.4 is 0 Å². The molecule has 0 aliphatic heterocycles. The van der Waals surface area contributed by atoms with Gasteiger partial charge >= 0.3 is 11.7 Å². The van der Waals surface area contributed by atoms with Crippen molar-refractivity contribution in [1.29, 1.82) is 0 Å². The molecular formula is C13H12N2O4S. The molecule has 0 aliphatic rings. The predicted molar refractivity (Wildman–Crippen MR) is 75.9 cm³/mol. The van der Waals surface area contributed by atoms with Gasteiger partial charge in [-0.2, -0.15) is 0 Å². The number of aliphatic carboxylic acids is 1. The van der Waals surface area contributed by atoms with E-state index in [9.17, 15) is 14.9 Å². The minimum Gasteiger partial charge on any atom is -0.481 e. The molecule has 7 heteroatoms. The second kappa shape index (κ2) is 5.87. The summed E-state index contributed by atoms with van der Waals surface area (Å²) in [6, 6.07) is 7.10. The van der Waals surface area contributed by atoms with Gasteiger partial charge in [-0.05, 0) is 6.07 Å². The van der Waals surface area contributed by atoms with E-state index in [1.54, 1.807) is 31.2 Å². The second-order valence-corrected chi connectivity index (χ2v) is 5.33. The number of nitro groups is 1. The summed E-state index contributed by atoms with van der Waals surface area (Å²) in [5, 5.41) is 20.6. The first-order chi connectivity index (χ1) is 9.50. The van der Waals surface area contributed by atoms with E-state index >= 15 is 0 Å². The van der Waals surface area contributed by atoms with Gasteiger partial charge in [0.1, 0.15) is 6.20 Å². The Kier molecular flexibility index (Phi) is 4.19. The fourth-order valence-electron chi connectivity index (χ4n) is 1.67. The fourth-order valence-corrected chi connectivity index (χ4v) is 2.83. The van der Waals surface area contributed by atoms with Crippen LogP contribution in [-0.4, -0.2) is 26.7 Å². The monoisotopic (exact) mass is 292 g/mol. The van der Waals surface area contributed by atoms with Crippen molar-refractivity contribution in [3.63, 3.8) is 0 Å². The Hall–Kier alpha value is -2.15. The number of carboxylic acids is 1. The fraction of sp³-hybridized carbons (Fsp3) is 0.231. The van der Waals surface area contributed by atoms with Crippen molar-refractivity contribution in [2.45, 2.75) is 11.8 Å². The van der Waals surface area contributed by atoms with Gasteiger partial charge < -0.3 is 5.11 Å². The number of carbonyl (C=O) groups is 1. The first-order valence-corrected chi connectivity index (χ1v) is 6.87. The van der Waals surface area contributed by atoms with Gasteiger partial charge in [-0.25, -0.2) is 4.98 Å². The number of aromatic nitrogens is 1. The lowest BCUT2D eigenvalue weighted by atomic mass is 10.2. The Morgan fingerprint density at radius 1 is 1.50 bits per heavy atom. The van der Waals surface area contributed by atoms with Crippen LogP contribution in [0.2, 0.25) is 0 Å². The molecule has 0 fully saturated rings. The number of rotatable bonds is 5. The molecule has 0 radical (unpaired) electrons. The summed E-state index contributed by atoms with van der Waals surface area (Å²) < 4.78 is 0. The number of fused-ring (bicyclic) bond motifs is 1. The third-order valence-corrected chi connectivity index (χ3v) is 4.19. The maximum atomic E-state index is 11.1. The molecule has 104 valence electrons.